The number of hydrogen-bond donors (Lipinski definition) is 0. The second kappa shape index (κ2) is 67.0. The van der Waals surface area contributed by atoms with Crippen LogP contribution in [-0.4, -0.2) is 0 Å². The Bertz CT molecular complexity index is 135. The predicted molar refractivity (Wildman–Crippen MR) is 104 cm³/mol. The van der Waals surface area contributed by atoms with Crippen LogP contribution in [0.2, 0.25) is 0 Å². The van der Waals surface area contributed by atoms with Gasteiger partial charge in [0, 0.05) is 0 Å². The van der Waals surface area contributed by atoms with E-state index in [1.165, 1.54) is 11.1 Å². The summed E-state index contributed by atoms with van der Waals surface area (Å²) in [4.78, 5) is 0. The minimum atomic E-state index is 0. The van der Waals surface area contributed by atoms with Crippen molar-refractivity contribution in [1.82, 2.24) is 0 Å². The van der Waals surface area contributed by atoms with Gasteiger partial charge in [-0.2, -0.15) is 0 Å². The summed E-state index contributed by atoms with van der Waals surface area (Å²) < 4.78 is 0. The Labute approximate surface area is 128 Å². The molecule has 0 rings (SSSR count). The zero-order valence-electron chi connectivity index (χ0n) is 12.4. The Morgan fingerprint density at radius 3 is 0.789 bits per heavy atom. The van der Waals surface area contributed by atoms with Crippen molar-refractivity contribution in [3.63, 3.8) is 0 Å². The molecule has 0 aliphatic carbocycles. The SMILES string of the molecule is C.C.C.C.C/C=C/C.C=C(C)C.CC.CC=C(C)C. The highest BCUT2D eigenvalue weighted by Crippen LogP contribution is 1.82. The van der Waals surface area contributed by atoms with Gasteiger partial charge in [0.05, 0.1) is 0 Å². The average Bonchev–Trinajstić information content (AvgIpc) is 2.20. The molecule has 0 amide bonds. The zero-order chi connectivity index (χ0) is 13.3. The molecule has 0 atom stereocenters. The summed E-state index contributed by atoms with van der Waals surface area (Å²) in [6.07, 6.45) is 6.08. The van der Waals surface area contributed by atoms with Gasteiger partial charge in [-0.15, -0.1) is 6.58 Å². The van der Waals surface area contributed by atoms with E-state index < -0.39 is 0 Å². The molecule has 0 aliphatic rings. The average molecular weight is 277 g/mol. The Balaban J connectivity index is -0.0000000136. The Hall–Kier alpha value is -0.780. The fourth-order valence-electron chi connectivity index (χ4n) is 0. The molecule has 0 spiro atoms. The first kappa shape index (κ1) is 51.7. The molecule has 0 aromatic rings. The summed E-state index contributed by atoms with van der Waals surface area (Å²) in [5, 5.41) is 0. The number of rotatable bonds is 0. The highest BCUT2D eigenvalue weighted by Gasteiger charge is 1.60. The lowest BCUT2D eigenvalue weighted by Gasteiger charge is -1.74. The quantitative estimate of drug-likeness (QED) is 0.388. The van der Waals surface area contributed by atoms with Gasteiger partial charge in [0.25, 0.3) is 0 Å². The second-order valence-corrected chi connectivity index (χ2v) is 3.24. The van der Waals surface area contributed by atoms with Gasteiger partial charge >= 0.3 is 0 Å². The summed E-state index contributed by atoms with van der Waals surface area (Å²) in [6, 6.07) is 0. The van der Waals surface area contributed by atoms with Crippen molar-refractivity contribution >= 4 is 0 Å². The van der Waals surface area contributed by atoms with E-state index in [-0.39, 0.29) is 29.7 Å². The van der Waals surface area contributed by atoms with Crippen LogP contribution in [0.5, 0.6) is 0 Å². The first-order chi connectivity index (χ1) is 6.92. The first-order valence-electron chi connectivity index (χ1n) is 5.71. The molecule has 0 heteroatoms. The van der Waals surface area contributed by atoms with Crippen molar-refractivity contribution in [2.45, 2.75) is 92.0 Å². The van der Waals surface area contributed by atoms with Crippen molar-refractivity contribution in [2.24, 2.45) is 0 Å². The van der Waals surface area contributed by atoms with Gasteiger partial charge in [-0.05, 0) is 48.5 Å². The minimum Gasteiger partial charge on any atom is -0.100 e. The van der Waals surface area contributed by atoms with Crippen LogP contribution in [0, 0.1) is 0 Å². The standard InChI is InChI=1S/C5H10.2C4H8.C2H6.4CH4/c1-4-5(2)3;1-4(2)3;1-3-4-2;1-2;;;;/h4H,1-3H3;1H2,2-3H3;3-4H,1-2H3;1-2H3;4*1H4/b;;4-3+;;;;;. The van der Waals surface area contributed by atoms with Crippen LogP contribution in [0.1, 0.15) is 92.0 Å². The van der Waals surface area contributed by atoms with E-state index in [1.807, 2.05) is 60.6 Å². The first-order valence-corrected chi connectivity index (χ1v) is 5.71. The van der Waals surface area contributed by atoms with Crippen molar-refractivity contribution in [3.8, 4) is 0 Å². The summed E-state index contributed by atoms with van der Waals surface area (Å²) >= 11 is 0. The molecular weight excluding hydrogens is 228 g/mol. The lowest BCUT2D eigenvalue weighted by molar-refractivity contribution is 1.36. The zero-order valence-corrected chi connectivity index (χ0v) is 12.4. The molecule has 0 heterocycles. The summed E-state index contributed by atoms with van der Waals surface area (Å²) in [5.74, 6) is 0. The van der Waals surface area contributed by atoms with E-state index in [4.69, 9.17) is 0 Å². The fourth-order valence-corrected chi connectivity index (χ4v) is 0. The number of hydrogen-bond acceptors (Lipinski definition) is 0. The van der Waals surface area contributed by atoms with Gasteiger partial charge in [0.2, 0.25) is 0 Å². The maximum Gasteiger partial charge on any atom is -0.0442 e. The van der Waals surface area contributed by atoms with E-state index >= 15 is 0 Å². The molecule has 0 nitrogen and oxygen atoms in total. The van der Waals surface area contributed by atoms with E-state index in [1.54, 1.807) is 0 Å². The molecular formula is C19H48. The summed E-state index contributed by atoms with van der Waals surface area (Å²) in [7, 11) is 0. The van der Waals surface area contributed by atoms with Gasteiger partial charge in [0.15, 0.2) is 0 Å². The van der Waals surface area contributed by atoms with Crippen LogP contribution in [-0.2, 0) is 0 Å². The third-order valence-electron chi connectivity index (χ3n) is 0.911. The highest BCUT2D eigenvalue weighted by molar-refractivity contribution is 4.88. The molecule has 19 heavy (non-hydrogen) atoms. The highest BCUT2D eigenvalue weighted by atomic mass is 13.7. The van der Waals surface area contributed by atoms with Gasteiger partial charge in [-0.1, -0.05) is 72.9 Å². The maximum atomic E-state index is 3.56. The fraction of sp³-hybridized carbons (Fsp3) is 0.684. The third-order valence-corrected chi connectivity index (χ3v) is 0.911. The van der Waals surface area contributed by atoms with Crippen LogP contribution in [0.3, 0.4) is 0 Å². The van der Waals surface area contributed by atoms with Crippen molar-refractivity contribution in [1.29, 1.82) is 0 Å². The van der Waals surface area contributed by atoms with E-state index in [2.05, 4.69) is 26.5 Å². The molecule has 0 saturated heterocycles. The Morgan fingerprint density at radius 2 is 0.789 bits per heavy atom. The van der Waals surface area contributed by atoms with Crippen LogP contribution < -0.4 is 0 Å². The van der Waals surface area contributed by atoms with Gasteiger partial charge < -0.3 is 0 Å². The summed E-state index contributed by atoms with van der Waals surface area (Å²) in [5.41, 5.74) is 2.55. The van der Waals surface area contributed by atoms with Crippen LogP contribution in [0.25, 0.3) is 0 Å². The van der Waals surface area contributed by atoms with Gasteiger partial charge in [-0.3, -0.25) is 0 Å². The number of allylic oxidation sites excluding steroid dienone is 5. The van der Waals surface area contributed by atoms with Crippen molar-refractivity contribution in [2.75, 3.05) is 0 Å². The van der Waals surface area contributed by atoms with Crippen LogP contribution in [0.15, 0.2) is 36.0 Å². The molecule has 0 radical (unpaired) electrons. The second-order valence-electron chi connectivity index (χ2n) is 3.24. The molecule has 0 aromatic carbocycles. The van der Waals surface area contributed by atoms with Crippen LogP contribution in [0.4, 0.5) is 0 Å². The molecule has 0 saturated carbocycles. The molecule has 124 valence electrons. The van der Waals surface area contributed by atoms with Crippen molar-refractivity contribution in [3.05, 3.63) is 36.0 Å². The molecule has 0 bridgehead atoms. The molecule has 0 aliphatic heterocycles. The van der Waals surface area contributed by atoms with E-state index in [0.717, 1.165) is 0 Å². The van der Waals surface area contributed by atoms with Crippen LogP contribution >= 0.6 is 0 Å². The third kappa shape index (κ3) is 809. The minimum absolute atomic E-state index is 0. The molecule has 0 fully saturated rings. The lowest BCUT2D eigenvalue weighted by atomic mass is 10.3. The summed E-state index contributed by atoms with van der Waals surface area (Å²) in [6.45, 7) is 21.7. The maximum absolute atomic E-state index is 3.56. The monoisotopic (exact) mass is 276 g/mol. The molecule has 0 N–H and O–H groups in total. The predicted octanol–water partition coefficient (Wildman–Crippen LogP) is 8.71. The normalized spacial score (nSPS) is 5.53. The van der Waals surface area contributed by atoms with Gasteiger partial charge in [-0.25, -0.2) is 0 Å². The molecule has 0 aromatic heterocycles. The van der Waals surface area contributed by atoms with Gasteiger partial charge in [0.1, 0.15) is 0 Å². The Morgan fingerprint density at radius 1 is 0.684 bits per heavy atom. The smallest absolute Gasteiger partial charge is 0.0442 e. The van der Waals surface area contributed by atoms with Crippen molar-refractivity contribution < 1.29 is 0 Å². The lowest BCUT2D eigenvalue weighted by Crippen LogP contribution is -1.52. The Kier molecular flexibility index (Phi) is 183. The molecule has 0 unspecified atom stereocenters. The van der Waals surface area contributed by atoms with E-state index in [9.17, 15) is 0 Å². The van der Waals surface area contributed by atoms with E-state index in [0.29, 0.717) is 0 Å². The topological polar surface area (TPSA) is 0 Å². The largest absolute Gasteiger partial charge is 0.100 e.